The molecule has 0 bridgehead atoms. The molecule has 2 heterocycles. The zero-order valence-electron chi connectivity index (χ0n) is 10.5. The van der Waals surface area contributed by atoms with Gasteiger partial charge in [-0.3, -0.25) is 14.5 Å². The molecule has 0 N–H and O–H groups in total. The molecule has 96 valence electrons. The van der Waals surface area contributed by atoms with Crippen LogP contribution in [0, 0.1) is 0 Å². The molecule has 2 rings (SSSR count). The molecule has 0 radical (unpaired) electrons. The van der Waals surface area contributed by atoms with Crippen molar-refractivity contribution in [3.05, 3.63) is 0 Å². The zero-order chi connectivity index (χ0) is 12.4. The number of hydrogen-bond acceptors (Lipinski definition) is 4. The largest absolute Gasteiger partial charge is 0.341 e. The summed E-state index contributed by atoms with van der Waals surface area (Å²) >= 11 is 1.38. The lowest BCUT2D eigenvalue weighted by atomic mass is 10.2. The van der Waals surface area contributed by atoms with E-state index in [0.717, 1.165) is 38.9 Å². The van der Waals surface area contributed by atoms with E-state index in [1.54, 1.807) is 6.92 Å². The Morgan fingerprint density at radius 1 is 1.24 bits per heavy atom. The van der Waals surface area contributed by atoms with Gasteiger partial charge in [-0.05, 0) is 26.3 Å². The predicted octanol–water partition coefficient (Wildman–Crippen LogP) is 0.961. The van der Waals surface area contributed by atoms with Crippen molar-refractivity contribution in [1.29, 1.82) is 0 Å². The molecule has 0 aromatic heterocycles. The van der Waals surface area contributed by atoms with Crippen molar-refractivity contribution in [3.8, 4) is 0 Å². The predicted molar refractivity (Wildman–Crippen MR) is 68.9 cm³/mol. The average molecular weight is 256 g/mol. The van der Waals surface area contributed by atoms with Gasteiger partial charge in [0, 0.05) is 31.8 Å². The van der Waals surface area contributed by atoms with Gasteiger partial charge in [-0.15, -0.1) is 0 Å². The van der Waals surface area contributed by atoms with Gasteiger partial charge >= 0.3 is 0 Å². The monoisotopic (exact) mass is 256 g/mol. The van der Waals surface area contributed by atoms with Gasteiger partial charge in [0.25, 0.3) is 0 Å². The topological polar surface area (TPSA) is 40.6 Å². The van der Waals surface area contributed by atoms with Crippen LogP contribution in [0.1, 0.15) is 26.2 Å². The maximum absolute atomic E-state index is 12.3. The number of carbonyl (C=O) groups excluding carboxylic acids is 2. The molecular formula is C12H20N2O2S. The van der Waals surface area contributed by atoms with Crippen molar-refractivity contribution >= 4 is 22.8 Å². The minimum Gasteiger partial charge on any atom is -0.341 e. The fraction of sp³-hybridized carbons (Fsp3) is 0.833. The molecule has 0 aromatic rings. The number of hydrogen-bond donors (Lipinski definition) is 0. The molecule has 1 amide bonds. The van der Waals surface area contributed by atoms with Crippen molar-refractivity contribution in [2.75, 3.05) is 26.7 Å². The van der Waals surface area contributed by atoms with E-state index < -0.39 is 0 Å². The van der Waals surface area contributed by atoms with E-state index >= 15 is 0 Å². The van der Waals surface area contributed by atoms with E-state index in [-0.39, 0.29) is 22.3 Å². The summed E-state index contributed by atoms with van der Waals surface area (Å²) in [5, 5.41) is 0.437. The Morgan fingerprint density at radius 2 is 1.88 bits per heavy atom. The second kappa shape index (κ2) is 5.40. The minimum atomic E-state index is -0.00931. The number of likely N-dealkylation sites (tertiary alicyclic amines) is 2. The Bertz CT molecular complexity index is 316. The van der Waals surface area contributed by atoms with Crippen LogP contribution in [0.15, 0.2) is 0 Å². The van der Waals surface area contributed by atoms with Crippen LogP contribution in [0.3, 0.4) is 0 Å². The molecule has 0 aliphatic carbocycles. The lowest BCUT2D eigenvalue weighted by Crippen LogP contribution is -2.42. The Balaban J connectivity index is 1.92. The Morgan fingerprint density at radius 3 is 2.47 bits per heavy atom. The highest BCUT2D eigenvalue weighted by Crippen LogP contribution is 2.28. The van der Waals surface area contributed by atoms with Gasteiger partial charge < -0.3 is 4.90 Å². The minimum absolute atomic E-state index is 0.00931. The highest BCUT2D eigenvalue weighted by Gasteiger charge is 2.37. The second-order valence-corrected chi connectivity index (χ2v) is 6.43. The summed E-state index contributed by atoms with van der Waals surface area (Å²) in [5.41, 5.74) is 0. The molecule has 2 saturated heterocycles. The van der Waals surface area contributed by atoms with Crippen LogP contribution in [0.2, 0.25) is 0 Å². The molecule has 0 saturated carbocycles. The van der Waals surface area contributed by atoms with Gasteiger partial charge in [0.15, 0.2) is 5.12 Å². The Kier molecular flexibility index (Phi) is 4.09. The third kappa shape index (κ3) is 3.01. The van der Waals surface area contributed by atoms with Crippen LogP contribution >= 0.6 is 11.8 Å². The molecule has 5 heteroatoms. The van der Waals surface area contributed by atoms with E-state index in [0.29, 0.717) is 0 Å². The third-order valence-electron chi connectivity index (χ3n) is 3.55. The van der Waals surface area contributed by atoms with Gasteiger partial charge in [-0.25, -0.2) is 0 Å². The summed E-state index contributed by atoms with van der Waals surface area (Å²) in [6.45, 7) is 4.26. The first kappa shape index (κ1) is 12.9. The van der Waals surface area contributed by atoms with Gasteiger partial charge in [0.1, 0.15) is 0 Å². The smallest absolute Gasteiger partial charge is 0.239 e. The van der Waals surface area contributed by atoms with Crippen molar-refractivity contribution in [2.24, 2.45) is 0 Å². The standard InChI is InChI=1S/C12H20N2O2S/c1-9(15)17-10-7-11(13(2)8-10)12(16)14-5-3-4-6-14/h10-11H,3-8H2,1-2H3/t10-,11?/m0/s1. The molecule has 1 unspecified atom stereocenters. The fourth-order valence-corrected chi connectivity index (χ4v) is 3.77. The van der Waals surface area contributed by atoms with Crippen molar-refractivity contribution < 1.29 is 9.59 Å². The number of rotatable bonds is 2. The normalized spacial score (nSPS) is 29.9. The number of amides is 1. The quantitative estimate of drug-likeness (QED) is 0.738. The fourth-order valence-electron chi connectivity index (χ4n) is 2.71. The highest BCUT2D eigenvalue weighted by molar-refractivity contribution is 8.14. The first-order valence-electron chi connectivity index (χ1n) is 6.24. The van der Waals surface area contributed by atoms with Crippen molar-refractivity contribution in [1.82, 2.24) is 9.80 Å². The number of thioether (sulfide) groups is 1. The summed E-state index contributed by atoms with van der Waals surface area (Å²) in [6, 6.07) is -0.00931. The van der Waals surface area contributed by atoms with Crippen LogP contribution in [-0.2, 0) is 9.59 Å². The van der Waals surface area contributed by atoms with Gasteiger partial charge in [-0.1, -0.05) is 11.8 Å². The maximum atomic E-state index is 12.3. The van der Waals surface area contributed by atoms with Crippen molar-refractivity contribution in [2.45, 2.75) is 37.5 Å². The van der Waals surface area contributed by atoms with Crippen LogP contribution in [-0.4, -0.2) is 58.8 Å². The van der Waals surface area contributed by atoms with E-state index in [1.165, 1.54) is 11.8 Å². The van der Waals surface area contributed by atoms with E-state index in [4.69, 9.17) is 0 Å². The van der Waals surface area contributed by atoms with Crippen LogP contribution in [0.4, 0.5) is 0 Å². The molecule has 0 aromatic carbocycles. The maximum Gasteiger partial charge on any atom is 0.239 e. The molecule has 2 atom stereocenters. The highest BCUT2D eigenvalue weighted by atomic mass is 32.2. The summed E-state index contributed by atoms with van der Waals surface area (Å²) in [5.74, 6) is 0.261. The van der Waals surface area contributed by atoms with Crippen LogP contribution < -0.4 is 0 Å². The van der Waals surface area contributed by atoms with Gasteiger partial charge in [0.2, 0.25) is 5.91 Å². The average Bonchev–Trinajstić information content (AvgIpc) is 2.85. The SMILES string of the molecule is CC(=O)S[C@H]1CC(C(=O)N2CCCC2)N(C)C1. The second-order valence-electron chi connectivity index (χ2n) is 4.95. The van der Waals surface area contributed by atoms with Crippen LogP contribution in [0.5, 0.6) is 0 Å². The lowest BCUT2D eigenvalue weighted by Gasteiger charge is -2.24. The number of nitrogens with zero attached hydrogens (tertiary/aromatic N) is 2. The third-order valence-corrected chi connectivity index (χ3v) is 4.55. The molecule has 2 aliphatic heterocycles. The summed E-state index contributed by atoms with van der Waals surface area (Å²) in [6.07, 6.45) is 3.08. The first-order valence-corrected chi connectivity index (χ1v) is 7.12. The molecule has 0 spiro atoms. The van der Waals surface area contributed by atoms with Gasteiger partial charge in [-0.2, -0.15) is 0 Å². The molecule has 17 heavy (non-hydrogen) atoms. The van der Waals surface area contributed by atoms with E-state index in [1.807, 2.05) is 11.9 Å². The number of likely N-dealkylation sites (N-methyl/N-ethyl adjacent to an activating group) is 1. The van der Waals surface area contributed by atoms with E-state index in [9.17, 15) is 9.59 Å². The Hall–Kier alpha value is -0.550. The molecule has 4 nitrogen and oxygen atoms in total. The molecule has 2 aliphatic rings. The lowest BCUT2D eigenvalue weighted by molar-refractivity contribution is -0.134. The van der Waals surface area contributed by atoms with Crippen LogP contribution in [0.25, 0.3) is 0 Å². The zero-order valence-corrected chi connectivity index (χ0v) is 11.3. The van der Waals surface area contributed by atoms with E-state index in [2.05, 4.69) is 4.90 Å². The first-order chi connectivity index (χ1) is 8.08. The summed E-state index contributed by atoms with van der Waals surface area (Å²) in [7, 11) is 1.99. The summed E-state index contributed by atoms with van der Waals surface area (Å²) in [4.78, 5) is 27.4. The summed E-state index contributed by atoms with van der Waals surface area (Å²) < 4.78 is 0. The van der Waals surface area contributed by atoms with Crippen molar-refractivity contribution in [3.63, 3.8) is 0 Å². The molecule has 2 fully saturated rings. The Labute approximate surface area is 107 Å². The molecular weight excluding hydrogens is 236 g/mol. The number of carbonyl (C=O) groups is 2. The van der Waals surface area contributed by atoms with Gasteiger partial charge in [0.05, 0.1) is 6.04 Å².